The van der Waals surface area contributed by atoms with Crippen molar-refractivity contribution in [2.24, 2.45) is 0 Å². The molecular formula is C19H18F3NO3. The van der Waals surface area contributed by atoms with Crippen LogP contribution in [0, 0.1) is 0 Å². The zero-order valence-electron chi connectivity index (χ0n) is 14.1. The first-order valence-corrected chi connectivity index (χ1v) is 8.20. The summed E-state index contributed by atoms with van der Waals surface area (Å²) >= 11 is 0. The molecule has 0 aliphatic carbocycles. The second-order valence-electron chi connectivity index (χ2n) is 5.94. The van der Waals surface area contributed by atoms with Gasteiger partial charge < -0.3 is 14.8 Å². The Morgan fingerprint density at radius 3 is 2.58 bits per heavy atom. The maximum atomic E-state index is 14.0. The number of nitrogens with one attached hydrogen (secondary N) is 1. The molecule has 0 bridgehead atoms. The first kappa shape index (κ1) is 18.1. The van der Waals surface area contributed by atoms with Crippen LogP contribution in [-0.4, -0.2) is 18.9 Å². The van der Waals surface area contributed by atoms with Crippen LogP contribution in [0.25, 0.3) is 0 Å². The van der Waals surface area contributed by atoms with E-state index in [4.69, 9.17) is 9.47 Å². The van der Waals surface area contributed by atoms with Crippen LogP contribution in [0.4, 0.5) is 18.0 Å². The van der Waals surface area contributed by atoms with Gasteiger partial charge in [-0.05, 0) is 18.6 Å². The lowest BCUT2D eigenvalue weighted by molar-refractivity contribution is -0.248. The molecule has 1 N–H and O–H groups in total. The molecule has 0 fully saturated rings. The molecule has 0 aromatic heterocycles. The predicted molar refractivity (Wildman–Crippen MR) is 88.8 cm³/mol. The lowest BCUT2D eigenvalue weighted by atomic mass is 9.87. The molecule has 26 heavy (non-hydrogen) atoms. The first-order valence-electron chi connectivity index (χ1n) is 8.20. The Morgan fingerprint density at radius 1 is 1.19 bits per heavy atom. The summed E-state index contributed by atoms with van der Waals surface area (Å²) in [4.78, 5) is 11.5. The Kier molecular flexibility index (Phi) is 4.80. The van der Waals surface area contributed by atoms with E-state index in [0.717, 1.165) is 0 Å². The van der Waals surface area contributed by atoms with E-state index >= 15 is 0 Å². The molecule has 2 aromatic carbocycles. The minimum atomic E-state index is -4.60. The Balaban J connectivity index is 1.94. The number of alkyl carbamates (subject to hydrolysis) is 1. The predicted octanol–water partition coefficient (Wildman–Crippen LogP) is 4.33. The average Bonchev–Trinajstić information content (AvgIpc) is 3.02. The molecule has 1 aliphatic heterocycles. The molecule has 1 aliphatic rings. The van der Waals surface area contributed by atoms with Crippen LogP contribution in [0.3, 0.4) is 0 Å². The highest BCUT2D eigenvalue weighted by molar-refractivity contribution is 5.67. The number of fused-ring (bicyclic) bond motifs is 1. The smallest absolute Gasteiger partial charge is 0.432 e. The van der Waals surface area contributed by atoms with Crippen LogP contribution >= 0.6 is 0 Å². The highest BCUT2D eigenvalue weighted by Crippen LogP contribution is 2.51. The number of rotatable bonds is 4. The van der Waals surface area contributed by atoms with Gasteiger partial charge in [0, 0.05) is 24.1 Å². The molecule has 0 saturated heterocycles. The van der Waals surface area contributed by atoms with E-state index in [2.05, 4.69) is 5.32 Å². The number of amides is 1. The van der Waals surface area contributed by atoms with Gasteiger partial charge in [0.05, 0.1) is 6.61 Å². The van der Waals surface area contributed by atoms with E-state index in [1.54, 1.807) is 37.3 Å². The molecule has 3 rings (SSSR count). The number of ether oxygens (including phenoxy) is 2. The minimum absolute atomic E-state index is 0.0491. The van der Waals surface area contributed by atoms with Crippen molar-refractivity contribution in [1.29, 1.82) is 0 Å². The summed E-state index contributed by atoms with van der Waals surface area (Å²) in [6, 6.07) is 12.4. The van der Waals surface area contributed by atoms with Crippen LogP contribution in [0.15, 0.2) is 48.5 Å². The fourth-order valence-electron chi connectivity index (χ4n) is 3.09. The Morgan fingerprint density at radius 2 is 1.92 bits per heavy atom. The van der Waals surface area contributed by atoms with E-state index in [1.165, 1.54) is 18.2 Å². The molecule has 7 heteroatoms. The number of carbonyl (C=O) groups excluding carboxylic acids is 1. The lowest BCUT2D eigenvalue weighted by Gasteiger charge is -2.31. The third kappa shape index (κ3) is 3.21. The molecule has 1 atom stereocenters. The molecular weight excluding hydrogens is 347 g/mol. The molecule has 0 spiro atoms. The van der Waals surface area contributed by atoms with Crippen LogP contribution < -0.4 is 10.1 Å². The van der Waals surface area contributed by atoms with Gasteiger partial charge in [-0.15, -0.1) is 0 Å². The van der Waals surface area contributed by atoms with Crippen molar-refractivity contribution in [2.75, 3.05) is 6.61 Å². The molecule has 2 aromatic rings. The van der Waals surface area contributed by atoms with Crippen molar-refractivity contribution < 1.29 is 27.4 Å². The Hall–Kier alpha value is -2.70. The highest BCUT2D eigenvalue weighted by Gasteiger charge is 2.61. The molecule has 1 amide bonds. The van der Waals surface area contributed by atoms with Gasteiger partial charge in [-0.25, -0.2) is 4.79 Å². The minimum Gasteiger partial charge on any atom is -0.472 e. The monoisotopic (exact) mass is 365 g/mol. The quantitative estimate of drug-likeness (QED) is 0.878. The Labute approximate surface area is 148 Å². The summed E-state index contributed by atoms with van der Waals surface area (Å²) < 4.78 is 52.3. The van der Waals surface area contributed by atoms with Crippen molar-refractivity contribution in [2.45, 2.75) is 31.7 Å². The van der Waals surface area contributed by atoms with Gasteiger partial charge in [-0.1, -0.05) is 42.5 Å². The molecule has 1 heterocycles. The van der Waals surface area contributed by atoms with E-state index in [9.17, 15) is 18.0 Å². The van der Waals surface area contributed by atoms with Crippen molar-refractivity contribution in [3.8, 4) is 5.75 Å². The number of alkyl halides is 3. The summed E-state index contributed by atoms with van der Waals surface area (Å²) in [5.41, 5.74) is -1.38. The van der Waals surface area contributed by atoms with Crippen LogP contribution in [0.5, 0.6) is 5.75 Å². The molecule has 138 valence electrons. The first-order chi connectivity index (χ1) is 12.4. The zero-order valence-corrected chi connectivity index (χ0v) is 14.1. The Bertz CT molecular complexity index is 792. The number of benzene rings is 2. The number of carbonyl (C=O) groups is 1. The summed E-state index contributed by atoms with van der Waals surface area (Å²) in [6.07, 6.45) is -5.57. The van der Waals surface area contributed by atoms with E-state index in [0.29, 0.717) is 11.1 Å². The number of hydrogen-bond donors (Lipinski definition) is 1. The third-order valence-electron chi connectivity index (χ3n) is 4.34. The van der Waals surface area contributed by atoms with Gasteiger partial charge in [-0.2, -0.15) is 13.2 Å². The van der Waals surface area contributed by atoms with Crippen LogP contribution in [-0.2, 0) is 23.3 Å². The molecule has 0 radical (unpaired) electrons. The van der Waals surface area contributed by atoms with Gasteiger partial charge in [0.2, 0.25) is 5.60 Å². The normalized spacial score (nSPS) is 18.8. The van der Waals surface area contributed by atoms with Gasteiger partial charge >= 0.3 is 12.3 Å². The van der Waals surface area contributed by atoms with Gasteiger partial charge in [0.25, 0.3) is 0 Å². The van der Waals surface area contributed by atoms with E-state index in [-0.39, 0.29) is 30.9 Å². The zero-order chi connectivity index (χ0) is 18.8. The summed E-state index contributed by atoms with van der Waals surface area (Å²) in [6.45, 7) is 1.95. The lowest BCUT2D eigenvalue weighted by Crippen LogP contribution is -2.46. The second kappa shape index (κ2) is 6.90. The second-order valence-corrected chi connectivity index (χ2v) is 5.94. The van der Waals surface area contributed by atoms with E-state index in [1.807, 2.05) is 0 Å². The van der Waals surface area contributed by atoms with E-state index < -0.39 is 17.9 Å². The summed E-state index contributed by atoms with van der Waals surface area (Å²) in [5.74, 6) is 0.175. The van der Waals surface area contributed by atoms with Gasteiger partial charge in [0.1, 0.15) is 5.75 Å². The van der Waals surface area contributed by atoms with Gasteiger partial charge in [-0.3, -0.25) is 0 Å². The van der Waals surface area contributed by atoms with Crippen molar-refractivity contribution in [3.63, 3.8) is 0 Å². The standard InChI is InChI=1S/C19H18F3NO3/c1-2-25-17(24)23-12-13-7-6-10-16-15(13)11-18(26-16,19(20,21)22)14-8-4-3-5-9-14/h3-10H,2,11-12H2,1H3,(H,23,24). The molecule has 4 nitrogen and oxygen atoms in total. The largest absolute Gasteiger partial charge is 0.472 e. The van der Waals surface area contributed by atoms with Crippen molar-refractivity contribution >= 4 is 6.09 Å². The fraction of sp³-hybridized carbons (Fsp3) is 0.316. The maximum absolute atomic E-state index is 14.0. The SMILES string of the molecule is CCOC(=O)NCc1cccc2c1CC(c1ccccc1)(C(F)(F)F)O2. The fourth-order valence-corrected chi connectivity index (χ4v) is 3.09. The number of hydrogen-bond acceptors (Lipinski definition) is 3. The topological polar surface area (TPSA) is 47.6 Å². The molecule has 1 unspecified atom stereocenters. The van der Waals surface area contributed by atoms with Crippen molar-refractivity contribution in [3.05, 3.63) is 65.2 Å². The third-order valence-corrected chi connectivity index (χ3v) is 4.34. The highest BCUT2D eigenvalue weighted by atomic mass is 19.4. The van der Waals surface area contributed by atoms with Crippen LogP contribution in [0.2, 0.25) is 0 Å². The maximum Gasteiger partial charge on any atom is 0.432 e. The average molecular weight is 365 g/mol. The van der Waals surface area contributed by atoms with Crippen LogP contribution in [0.1, 0.15) is 23.6 Å². The summed E-state index contributed by atoms with van der Waals surface area (Å²) in [7, 11) is 0. The number of halogens is 3. The van der Waals surface area contributed by atoms with Gasteiger partial charge in [0.15, 0.2) is 0 Å². The summed E-state index contributed by atoms with van der Waals surface area (Å²) in [5, 5.41) is 2.54. The molecule has 0 saturated carbocycles. The van der Waals surface area contributed by atoms with Crippen molar-refractivity contribution in [1.82, 2.24) is 5.32 Å².